The van der Waals surface area contributed by atoms with Gasteiger partial charge in [0, 0.05) is 0 Å². The summed E-state index contributed by atoms with van der Waals surface area (Å²) in [6.07, 6.45) is 18.7. The molecule has 0 radical (unpaired) electrons. The molecule has 35 heavy (non-hydrogen) atoms. The van der Waals surface area contributed by atoms with Crippen LogP contribution in [0.1, 0.15) is 114 Å². The molecule has 2 rings (SSSR count). The summed E-state index contributed by atoms with van der Waals surface area (Å²) in [5.41, 5.74) is 3.35. The average molecular weight is 571 g/mol. The summed E-state index contributed by atoms with van der Waals surface area (Å²) in [4.78, 5) is 0. The molecule has 0 aromatic heterocycles. The zero-order chi connectivity index (χ0) is 25.5. The van der Waals surface area contributed by atoms with Crippen molar-refractivity contribution in [2.45, 2.75) is 123 Å². The van der Waals surface area contributed by atoms with Crippen molar-refractivity contribution in [2.75, 3.05) is 0 Å². The second kappa shape index (κ2) is 17.5. The van der Waals surface area contributed by atoms with Gasteiger partial charge in [0.05, 0.1) is 0 Å². The predicted octanol–water partition coefficient (Wildman–Crippen LogP) is 8.01. The minimum absolute atomic E-state index is 0.756. The van der Waals surface area contributed by atoms with Crippen LogP contribution >= 0.6 is 0 Å². The van der Waals surface area contributed by atoms with Crippen molar-refractivity contribution in [1.29, 1.82) is 0 Å². The van der Waals surface area contributed by atoms with Crippen LogP contribution in [0.2, 0.25) is 5.36 Å². The molecule has 0 fully saturated rings. The van der Waals surface area contributed by atoms with E-state index in [0.29, 0.717) is 0 Å². The van der Waals surface area contributed by atoms with Crippen LogP contribution in [0.5, 0.6) is 0 Å². The second-order valence-electron chi connectivity index (χ2n) is 9.84. The molecule has 2 nitrogen and oxygen atoms in total. The van der Waals surface area contributed by atoms with Gasteiger partial charge in [-0.05, 0) is 0 Å². The van der Waals surface area contributed by atoms with Crippen molar-refractivity contribution in [3.05, 3.63) is 53.1 Å². The third-order valence-corrected chi connectivity index (χ3v) is 10.5. The van der Waals surface area contributed by atoms with Gasteiger partial charge in [-0.2, -0.15) is 0 Å². The molecule has 2 aromatic carbocycles. The molecular weight excluding hydrogens is 522 g/mol. The molecule has 0 heterocycles. The van der Waals surface area contributed by atoms with Crippen LogP contribution in [-0.4, -0.2) is 0 Å². The third-order valence-electron chi connectivity index (χ3n) is 6.48. The molecule has 0 spiro atoms. The SMILES string of the molecule is CCCCCCCCCCCCCCC[CH2][Co](=[O])[c]1cc[c]([Co](=[O])[c]2c(C)cc(C)cc2C)cc1. The molecule has 0 unspecified atom stereocenters. The third kappa shape index (κ3) is 11.3. The fourth-order valence-electron chi connectivity index (χ4n) is 4.61. The summed E-state index contributed by atoms with van der Waals surface area (Å²) >= 11 is -2.94. The van der Waals surface area contributed by atoms with Crippen LogP contribution in [0.15, 0.2) is 36.4 Å². The van der Waals surface area contributed by atoms with Gasteiger partial charge >= 0.3 is 198 Å². The molecule has 202 valence electrons. The summed E-state index contributed by atoms with van der Waals surface area (Å²) in [5, 5.41) is 0.756. The first-order valence-electron chi connectivity index (χ1n) is 13.7. The van der Waals surface area contributed by atoms with Gasteiger partial charge in [-0.25, -0.2) is 0 Å². The van der Waals surface area contributed by atoms with Gasteiger partial charge in [-0.3, -0.25) is 0 Å². The molecule has 0 aliphatic heterocycles. The Kier molecular flexibility index (Phi) is 15.1. The summed E-state index contributed by atoms with van der Waals surface area (Å²) < 4.78 is 28.5. The van der Waals surface area contributed by atoms with Crippen molar-refractivity contribution in [3.63, 3.8) is 0 Å². The Hall–Kier alpha value is -0.947. The normalized spacial score (nSPS) is 12.1. The van der Waals surface area contributed by atoms with E-state index in [2.05, 4.69) is 26.0 Å². The van der Waals surface area contributed by atoms with Gasteiger partial charge in [0.1, 0.15) is 0 Å². The van der Waals surface area contributed by atoms with Crippen molar-refractivity contribution in [1.82, 2.24) is 0 Å². The van der Waals surface area contributed by atoms with Gasteiger partial charge in [0.25, 0.3) is 0 Å². The van der Waals surface area contributed by atoms with E-state index in [1.807, 2.05) is 38.1 Å². The van der Waals surface area contributed by atoms with Crippen molar-refractivity contribution >= 4 is 13.5 Å². The molecule has 0 bridgehead atoms. The van der Waals surface area contributed by atoms with Crippen LogP contribution in [-0.2, 0) is 34.9 Å². The van der Waals surface area contributed by atoms with Crippen LogP contribution in [0.3, 0.4) is 0 Å². The second-order valence-corrected chi connectivity index (χ2v) is 13.6. The monoisotopic (exact) mass is 570 g/mol. The topological polar surface area (TPSA) is 34.1 Å². The van der Waals surface area contributed by atoms with Crippen LogP contribution in [0, 0.1) is 20.8 Å². The van der Waals surface area contributed by atoms with E-state index in [4.69, 9.17) is 0 Å². The van der Waals surface area contributed by atoms with E-state index < -0.39 is 27.2 Å². The Balaban J connectivity index is 1.60. The van der Waals surface area contributed by atoms with Crippen LogP contribution < -0.4 is 13.5 Å². The van der Waals surface area contributed by atoms with E-state index in [9.17, 15) is 7.73 Å². The van der Waals surface area contributed by atoms with Gasteiger partial charge in [-0.15, -0.1) is 0 Å². The quantitative estimate of drug-likeness (QED) is 0.170. The van der Waals surface area contributed by atoms with Crippen LogP contribution in [0.25, 0.3) is 0 Å². The summed E-state index contributed by atoms with van der Waals surface area (Å²) in [5.74, 6) is 0. The predicted molar refractivity (Wildman–Crippen MR) is 142 cm³/mol. The standard InChI is InChI=1S/C16H33.C9H11.C6H4.2Co.2O/c1-3-5-7-9-11-13-15-16-14-12-10-8-6-4-2;1-7-4-8(2)6-9(3)5-7;1-2-4-6-5-3-1;;;;/h1,3-16H2,2H3;4-5H,1-3H3;1-2,5-6H;;;;. The number of rotatable bonds is 18. The first kappa shape index (κ1) is 30.3. The Morgan fingerprint density at radius 2 is 0.971 bits per heavy atom. The van der Waals surface area contributed by atoms with Gasteiger partial charge in [-0.1, -0.05) is 26.2 Å². The van der Waals surface area contributed by atoms with E-state index in [1.165, 1.54) is 89.0 Å². The molecule has 2 aromatic rings. The van der Waals surface area contributed by atoms with Crippen LogP contribution in [0.4, 0.5) is 0 Å². The maximum absolute atomic E-state index is 13.2. The Labute approximate surface area is 223 Å². The van der Waals surface area contributed by atoms with E-state index >= 15 is 0 Å². The number of benzene rings is 2. The number of unbranched alkanes of at least 4 members (excludes halogenated alkanes) is 13. The molecule has 0 atom stereocenters. The van der Waals surface area contributed by atoms with Crippen molar-refractivity contribution in [2.24, 2.45) is 0 Å². The fourth-order valence-corrected chi connectivity index (χ4v) is 7.75. The average Bonchev–Trinajstić information content (AvgIpc) is 2.83. The van der Waals surface area contributed by atoms with Gasteiger partial charge in [0.15, 0.2) is 0 Å². The number of aryl methyl sites for hydroxylation is 3. The number of hydrogen-bond acceptors (Lipinski definition) is 2. The Bertz CT molecular complexity index is 895. The molecule has 0 aliphatic rings. The van der Waals surface area contributed by atoms with Crippen molar-refractivity contribution < 1.29 is 34.9 Å². The zero-order valence-electron chi connectivity index (χ0n) is 22.6. The first-order chi connectivity index (χ1) is 16.9. The molecule has 0 aliphatic carbocycles. The molecule has 4 heteroatoms. The Morgan fingerprint density at radius 1 is 0.571 bits per heavy atom. The fraction of sp³-hybridized carbons (Fsp3) is 0.613. The minimum atomic E-state index is -1.60. The van der Waals surface area contributed by atoms with Gasteiger partial charge < -0.3 is 0 Å². The summed E-state index contributed by atoms with van der Waals surface area (Å²) in [6.45, 7) is 8.41. The Morgan fingerprint density at radius 3 is 1.43 bits per heavy atom. The van der Waals surface area contributed by atoms with E-state index in [-0.39, 0.29) is 0 Å². The molecule has 0 amide bonds. The first-order valence-corrected chi connectivity index (χ1v) is 16.8. The molecular formula is C31H48Co2O2. The maximum atomic E-state index is 13.2. The molecule has 0 saturated carbocycles. The molecule has 0 saturated heterocycles. The van der Waals surface area contributed by atoms with Crippen molar-refractivity contribution in [3.8, 4) is 0 Å². The van der Waals surface area contributed by atoms with E-state index in [0.717, 1.165) is 36.4 Å². The van der Waals surface area contributed by atoms with Gasteiger partial charge in [0.2, 0.25) is 0 Å². The summed E-state index contributed by atoms with van der Waals surface area (Å²) in [6, 6.07) is 11.8. The summed E-state index contributed by atoms with van der Waals surface area (Å²) in [7, 11) is 0. The van der Waals surface area contributed by atoms with E-state index in [1.54, 1.807) is 0 Å². The molecule has 0 N–H and O–H groups in total. The number of hydrogen-bond donors (Lipinski definition) is 0. The zero-order valence-corrected chi connectivity index (χ0v) is 24.6.